The molecule has 140 valence electrons. The number of phenolic OH excluding ortho intramolecular Hbond substituents is 1. The minimum Gasteiger partial charge on any atom is -0.507 e. The van der Waals surface area contributed by atoms with E-state index in [0.29, 0.717) is 11.1 Å². The first-order valence-corrected chi connectivity index (χ1v) is 8.79. The van der Waals surface area contributed by atoms with Crippen LogP contribution >= 0.6 is 0 Å². The Kier molecular flexibility index (Phi) is 3.75. The number of benzene rings is 1. The van der Waals surface area contributed by atoms with E-state index in [1.54, 1.807) is 31.3 Å². The maximum absolute atomic E-state index is 12.4. The van der Waals surface area contributed by atoms with E-state index in [9.17, 15) is 9.90 Å². The molecule has 1 aromatic rings. The zero-order valence-corrected chi connectivity index (χ0v) is 15.3. The number of carbonyl (C=O) groups excluding carboxylic acids is 1. The number of amides is 1. The highest BCUT2D eigenvalue weighted by Gasteiger charge is 2.73. The molecule has 0 aromatic heterocycles. The van der Waals surface area contributed by atoms with Crippen molar-refractivity contribution in [1.82, 2.24) is 10.4 Å². The molecule has 3 saturated carbocycles. The lowest BCUT2D eigenvalue weighted by Crippen LogP contribution is -2.69. The second kappa shape index (κ2) is 5.79. The number of aromatic hydroxyl groups is 1. The molecule has 0 atom stereocenters. The van der Waals surface area contributed by atoms with Crippen LogP contribution in [0.25, 0.3) is 0 Å². The van der Waals surface area contributed by atoms with Gasteiger partial charge in [0.2, 0.25) is 0 Å². The Morgan fingerprint density at radius 1 is 1.33 bits per heavy atom. The van der Waals surface area contributed by atoms with Crippen molar-refractivity contribution in [2.24, 2.45) is 10.8 Å². The van der Waals surface area contributed by atoms with Crippen LogP contribution in [0.5, 0.6) is 5.75 Å². The van der Waals surface area contributed by atoms with Crippen LogP contribution in [-0.4, -0.2) is 41.8 Å². The van der Waals surface area contributed by atoms with Crippen LogP contribution in [0.2, 0.25) is 0 Å². The fraction of sp³-hybridized carbons (Fsp3) is 0.350. The van der Waals surface area contributed by atoms with E-state index in [1.807, 2.05) is 6.08 Å². The monoisotopic (exact) mass is 366 g/mol. The van der Waals surface area contributed by atoms with Crippen LogP contribution in [0.3, 0.4) is 0 Å². The summed E-state index contributed by atoms with van der Waals surface area (Å²) in [7, 11) is 3.11. The van der Waals surface area contributed by atoms with Gasteiger partial charge in [0.1, 0.15) is 11.6 Å². The Balaban J connectivity index is 1.50. The van der Waals surface area contributed by atoms with Crippen molar-refractivity contribution in [3.63, 3.8) is 0 Å². The van der Waals surface area contributed by atoms with Crippen molar-refractivity contribution in [3.8, 4) is 5.75 Å². The van der Waals surface area contributed by atoms with Gasteiger partial charge < -0.3 is 15.8 Å². The topological polar surface area (TPSA) is 110 Å². The molecule has 4 aliphatic rings. The second-order valence-corrected chi connectivity index (χ2v) is 7.66. The fourth-order valence-electron chi connectivity index (χ4n) is 4.52. The molecule has 0 unspecified atom stereocenters. The third kappa shape index (κ3) is 2.49. The molecular formula is C20H22N4O3. The predicted octanol–water partition coefficient (Wildman–Crippen LogP) is 2.34. The zero-order chi connectivity index (χ0) is 19.4. The van der Waals surface area contributed by atoms with E-state index in [0.717, 1.165) is 25.0 Å². The van der Waals surface area contributed by atoms with Crippen molar-refractivity contribution < 1.29 is 14.7 Å². The molecule has 7 heteroatoms. The van der Waals surface area contributed by atoms with Crippen LogP contribution in [0.4, 0.5) is 0 Å². The smallest absolute Gasteiger partial charge is 0.252 e. The minimum absolute atomic E-state index is 0.0117. The van der Waals surface area contributed by atoms with E-state index >= 15 is 0 Å². The van der Waals surface area contributed by atoms with Gasteiger partial charge in [0, 0.05) is 29.3 Å². The van der Waals surface area contributed by atoms with Crippen LogP contribution in [0.15, 0.2) is 47.7 Å². The van der Waals surface area contributed by atoms with E-state index in [1.165, 1.54) is 18.2 Å². The number of hydrogen-bond acceptors (Lipinski definition) is 5. The first-order chi connectivity index (χ1) is 12.8. The number of nitrogens with zero attached hydrogens (tertiary/aromatic N) is 1. The number of rotatable bonds is 5. The van der Waals surface area contributed by atoms with Gasteiger partial charge in [-0.3, -0.25) is 15.0 Å². The number of hydroxylamine groups is 2. The molecular weight excluding hydrogens is 344 g/mol. The molecule has 1 amide bonds. The molecule has 0 saturated heterocycles. The first kappa shape index (κ1) is 17.5. The molecule has 3 fully saturated rings. The molecule has 2 bridgehead atoms. The van der Waals surface area contributed by atoms with Crippen LogP contribution < -0.4 is 5.32 Å². The van der Waals surface area contributed by atoms with Gasteiger partial charge in [-0.15, -0.1) is 0 Å². The highest BCUT2D eigenvalue weighted by molar-refractivity contribution is 6.15. The summed E-state index contributed by atoms with van der Waals surface area (Å²) in [6.07, 6.45) is 5.74. The highest BCUT2D eigenvalue weighted by atomic mass is 16.7. The van der Waals surface area contributed by atoms with Gasteiger partial charge >= 0.3 is 0 Å². The third-order valence-corrected chi connectivity index (χ3v) is 5.96. The number of hydrogen-bond donors (Lipinski definition) is 4. The van der Waals surface area contributed by atoms with E-state index < -0.39 is 0 Å². The maximum atomic E-state index is 12.4. The molecule has 3 aliphatic carbocycles. The maximum Gasteiger partial charge on any atom is 0.252 e. The number of para-hydroxylation sites is 1. The lowest BCUT2D eigenvalue weighted by Gasteiger charge is -2.69. The summed E-state index contributed by atoms with van der Waals surface area (Å²) in [6.45, 7) is 0. The number of phenols is 1. The normalized spacial score (nSPS) is 29.5. The average molecular weight is 366 g/mol. The van der Waals surface area contributed by atoms with Gasteiger partial charge in [-0.1, -0.05) is 12.1 Å². The number of amidine groups is 1. The lowest BCUT2D eigenvalue weighted by molar-refractivity contribution is -0.229. The van der Waals surface area contributed by atoms with Crippen molar-refractivity contribution in [2.75, 3.05) is 14.2 Å². The highest BCUT2D eigenvalue weighted by Crippen LogP contribution is 2.76. The Morgan fingerprint density at radius 2 is 2.00 bits per heavy atom. The summed E-state index contributed by atoms with van der Waals surface area (Å²) >= 11 is 0. The molecule has 27 heavy (non-hydrogen) atoms. The molecule has 0 spiro atoms. The first-order valence-electron chi connectivity index (χ1n) is 8.79. The van der Waals surface area contributed by atoms with Crippen molar-refractivity contribution >= 4 is 17.5 Å². The lowest BCUT2D eigenvalue weighted by atomic mass is 9.34. The molecule has 0 radical (unpaired) electrons. The predicted molar refractivity (Wildman–Crippen MR) is 100 cm³/mol. The number of carbonyl (C=O) groups is 1. The van der Waals surface area contributed by atoms with Crippen molar-refractivity contribution in [1.29, 1.82) is 10.8 Å². The van der Waals surface area contributed by atoms with Gasteiger partial charge in [-0.25, -0.2) is 5.06 Å². The Bertz CT molecular complexity index is 911. The standard InChI is InChI=1S/C20H22N4O3/c1-24(27-2)18(26)20-9-19(10-20,11-20)16-8-12(17(22)23-16)7-14(21)13-5-3-4-6-15(13)25/h3-8,21,25H,9-11H2,1-2H3,(H2,22,23)/b12-7-,21-14?. The molecule has 5 rings (SSSR count). The summed E-state index contributed by atoms with van der Waals surface area (Å²) in [5.74, 6) is 0.296. The Morgan fingerprint density at radius 3 is 2.63 bits per heavy atom. The van der Waals surface area contributed by atoms with E-state index in [4.69, 9.17) is 15.7 Å². The third-order valence-electron chi connectivity index (χ3n) is 5.96. The van der Waals surface area contributed by atoms with Gasteiger partial charge in [-0.05, 0) is 43.5 Å². The minimum atomic E-state index is -0.329. The number of allylic oxidation sites excluding steroid dienone is 2. The quantitative estimate of drug-likeness (QED) is 0.474. The van der Waals surface area contributed by atoms with Gasteiger partial charge in [0.15, 0.2) is 0 Å². The Labute approximate surface area is 157 Å². The summed E-state index contributed by atoms with van der Waals surface area (Å²) in [4.78, 5) is 17.4. The van der Waals surface area contributed by atoms with Gasteiger partial charge in [-0.2, -0.15) is 0 Å². The largest absolute Gasteiger partial charge is 0.507 e. The van der Waals surface area contributed by atoms with E-state index in [-0.39, 0.29) is 34.0 Å². The second-order valence-electron chi connectivity index (χ2n) is 7.66. The summed E-state index contributed by atoms with van der Waals surface area (Å²) in [5.41, 5.74) is 1.72. The van der Waals surface area contributed by atoms with E-state index in [2.05, 4.69) is 5.32 Å². The molecule has 4 N–H and O–H groups in total. The summed E-state index contributed by atoms with van der Waals surface area (Å²) in [6, 6.07) is 6.68. The number of nitrogens with one attached hydrogen (secondary N) is 3. The summed E-state index contributed by atoms with van der Waals surface area (Å²) < 4.78 is 0. The van der Waals surface area contributed by atoms with Gasteiger partial charge in [0.25, 0.3) is 5.91 Å². The van der Waals surface area contributed by atoms with Crippen LogP contribution in [0.1, 0.15) is 24.8 Å². The van der Waals surface area contributed by atoms with Crippen LogP contribution in [-0.2, 0) is 9.63 Å². The Hall–Kier alpha value is -2.93. The van der Waals surface area contributed by atoms with Crippen molar-refractivity contribution in [2.45, 2.75) is 19.3 Å². The average Bonchev–Trinajstić information content (AvgIpc) is 2.92. The zero-order valence-electron chi connectivity index (χ0n) is 15.3. The van der Waals surface area contributed by atoms with Crippen LogP contribution in [0, 0.1) is 21.6 Å². The molecule has 1 aliphatic heterocycles. The molecule has 7 nitrogen and oxygen atoms in total. The molecule has 1 aromatic carbocycles. The molecule has 1 heterocycles. The fourth-order valence-corrected chi connectivity index (χ4v) is 4.52. The van der Waals surface area contributed by atoms with Gasteiger partial charge in [0.05, 0.1) is 18.2 Å². The summed E-state index contributed by atoms with van der Waals surface area (Å²) in [5, 5.41) is 30.7. The van der Waals surface area contributed by atoms with Crippen molar-refractivity contribution in [3.05, 3.63) is 53.3 Å². The SMILES string of the molecule is CON(C)C(=O)C12CC(C3=C/C(=C/C(=N)c4ccccc4O)C(=N)N3)(C1)C2.